The van der Waals surface area contributed by atoms with Crippen molar-refractivity contribution in [3.8, 4) is 0 Å². The molecule has 3 nitrogen and oxygen atoms in total. The molecule has 0 aliphatic heterocycles. The molecule has 1 aromatic heterocycles. The van der Waals surface area contributed by atoms with Gasteiger partial charge in [0.05, 0.1) is 12.6 Å². The van der Waals surface area contributed by atoms with Gasteiger partial charge in [0.2, 0.25) is 5.91 Å². The van der Waals surface area contributed by atoms with Gasteiger partial charge in [-0.05, 0) is 42.7 Å². The van der Waals surface area contributed by atoms with E-state index in [1.54, 1.807) is 11.3 Å². The highest BCUT2D eigenvalue weighted by Gasteiger charge is 2.23. The fraction of sp³-hybridized carbons (Fsp3) is 0.476. The Morgan fingerprint density at radius 3 is 2.64 bits per heavy atom. The third kappa shape index (κ3) is 4.93. The quantitative estimate of drug-likeness (QED) is 0.804. The molecule has 134 valence electrons. The number of benzene rings is 1. The van der Waals surface area contributed by atoms with E-state index in [0.717, 1.165) is 6.42 Å². The van der Waals surface area contributed by atoms with Gasteiger partial charge in [-0.25, -0.2) is 0 Å². The van der Waals surface area contributed by atoms with Gasteiger partial charge in [0, 0.05) is 10.9 Å². The zero-order valence-electron chi connectivity index (χ0n) is 15.1. The Bertz CT molecular complexity index is 666. The molecule has 1 amide bonds. The van der Waals surface area contributed by atoms with E-state index in [1.165, 1.54) is 35.3 Å². The monoisotopic (exact) mass is 356 g/mol. The van der Waals surface area contributed by atoms with Crippen LogP contribution in [0.1, 0.15) is 54.7 Å². The maximum absolute atomic E-state index is 12.4. The maximum atomic E-state index is 12.4. The van der Waals surface area contributed by atoms with E-state index in [2.05, 4.69) is 66.3 Å². The molecule has 3 rings (SSSR count). The van der Waals surface area contributed by atoms with Gasteiger partial charge in [0.25, 0.3) is 0 Å². The van der Waals surface area contributed by atoms with Gasteiger partial charge in [-0.2, -0.15) is 0 Å². The van der Waals surface area contributed by atoms with Crippen molar-refractivity contribution in [3.05, 3.63) is 57.8 Å². The predicted octanol–water partition coefficient (Wildman–Crippen LogP) is 4.43. The SMILES string of the molecule is Cc1ccc([C@@H](NCC(=O)N[C@@H]2CCCC[C@@H]2C)c2cccs2)cc1. The second-order valence-electron chi connectivity index (χ2n) is 7.18. The van der Waals surface area contributed by atoms with Crippen LogP contribution < -0.4 is 10.6 Å². The maximum Gasteiger partial charge on any atom is 0.234 e. The van der Waals surface area contributed by atoms with E-state index in [1.807, 2.05) is 0 Å². The lowest BCUT2D eigenvalue weighted by atomic mass is 9.86. The van der Waals surface area contributed by atoms with Gasteiger partial charge >= 0.3 is 0 Å². The second-order valence-corrected chi connectivity index (χ2v) is 8.16. The molecule has 2 aromatic rings. The zero-order chi connectivity index (χ0) is 17.6. The van der Waals surface area contributed by atoms with Crippen molar-refractivity contribution in [2.45, 2.75) is 51.6 Å². The van der Waals surface area contributed by atoms with Crippen LogP contribution in [0.3, 0.4) is 0 Å². The number of thiophene rings is 1. The number of amides is 1. The van der Waals surface area contributed by atoms with Crippen molar-refractivity contribution in [1.29, 1.82) is 0 Å². The molecule has 0 bridgehead atoms. The van der Waals surface area contributed by atoms with Crippen molar-refractivity contribution < 1.29 is 4.79 Å². The number of aryl methyl sites for hydroxylation is 1. The lowest BCUT2D eigenvalue weighted by molar-refractivity contribution is -0.121. The predicted molar refractivity (Wildman–Crippen MR) is 105 cm³/mol. The summed E-state index contributed by atoms with van der Waals surface area (Å²) < 4.78 is 0. The van der Waals surface area contributed by atoms with E-state index in [0.29, 0.717) is 18.5 Å². The molecule has 1 heterocycles. The van der Waals surface area contributed by atoms with Gasteiger partial charge in [0.15, 0.2) is 0 Å². The third-order valence-electron chi connectivity index (χ3n) is 5.16. The van der Waals surface area contributed by atoms with E-state index < -0.39 is 0 Å². The average molecular weight is 357 g/mol. The molecule has 0 spiro atoms. The first kappa shape index (κ1) is 18.2. The Kier molecular flexibility index (Phi) is 6.27. The lowest BCUT2D eigenvalue weighted by Gasteiger charge is -2.29. The lowest BCUT2D eigenvalue weighted by Crippen LogP contribution is -2.45. The number of rotatable bonds is 6. The van der Waals surface area contributed by atoms with E-state index in [4.69, 9.17) is 0 Å². The van der Waals surface area contributed by atoms with Gasteiger partial charge in [-0.3, -0.25) is 10.1 Å². The normalized spacial score (nSPS) is 21.7. The van der Waals surface area contributed by atoms with Crippen LogP contribution in [-0.2, 0) is 4.79 Å². The van der Waals surface area contributed by atoms with Crippen LogP contribution in [0.5, 0.6) is 0 Å². The Labute approximate surface area is 154 Å². The summed E-state index contributed by atoms with van der Waals surface area (Å²) in [5.74, 6) is 0.690. The minimum atomic E-state index is 0.0649. The van der Waals surface area contributed by atoms with Crippen molar-refractivity contribution >= 4 is 17.2 Å². The highest BCUT2D eigenvalue weighted by Crippen LogP contribution is 2.26. The molecule has 1 fully saturated rings. The molecule has 25 heavy (non-hydrogen) atoms. The molecule has 1 aliphatic rings. The van der Waals surface area contributed by atoms with Crippen LogP contribution in [0.2, 0.25) is 0 Å². The Morgan fingerprint density at radius 1 is 1.20 bits per heavy atom. The van der Waals surface area contributed by atoms with E-state index >= 15 is 0 Å². The van der Waals surface area contributed by atoms with Crippen LogP contribution in [0, 0.1) is 12.8 Å². The molecular weight excluding hydrogens is 328 g/mol. The van der Waals surface area contributed by atoms with Crippen LogP contribution in [0.15, 0.2) is 41.8 Å². The fourth-order valence-electron chi connectivity index (χ4n) is 3.58. The van der Waals surface area contributed by atoms with Gasteiger partial charge in [-0.1, -0.05) is 55.7 Å². The first-order valence-corrected chi connectivity index (χ1v) is 10.1. The molecule has 1 saturated carbocycles. The minimum Gasteiger partial charge on any atom is -0.352 e. The molecule has 0 radical (unpaired) electrons. The topological polar surface area (TPSA) is 41.1 Å². The summed E-state index contributed by atoms with van der Waals surface area (Å²) in [4.78, 5) is 13.7. The van der Waals surface area contributed by atoms with Crippen molar-refractivity contribution in [1.82, 2.24) is 10.6 Å². The number of carbonyl (C=O) groups is 1. The average Bonchev–Trinajstić information content (AvgIpc) is 3.13. The second kappa shape index (κ2) is 8.63. The van der Waals surface area contributed by atoms with Crippen molar-refractivity contribution in [2.24, 2.45) is 5.92 Å². The summed E-state index contributed by atoms with van der Waals surface area (Å²) in [5.41, 5.74) is 2.45. The molecule has 1 aromatic carbocycles. The minimum absolute atomic E-state index is 0.0649. The third-order valence-corrected chi connectivity index (χ3v) is 6.10. The summed E-state index contributed by atoms with van der Waals surface area (Å²) >= 11 is 1.72. The Hall–Kier alpha value is -1.65. The van der Waals surface area contributed by atoms with Gasteiger partial charge < -0.3 is 5.32 Å². The summed E-state index contributed by atoms with van der Waals surface area (Å²) in [6.07, 6.45) is 4.85. The molecule has 2 N–H and O–H groups in total. The van der Waals surface area contributed by atoms with Gasteiger partial charge in [-0.15, -0.1) is 11.3 Å². The highest BCUT2D eigenvalue weighted by atomic mass is 32.1. The molecule has 0 unspecified atom stereocenters. The first-order valence-electron chi connectivity index (χ1n) is 9.26. The molecule has 3 atom stereocenters. The Balaban J connectivity index is 1.62. The standard InChI is InChI=1S/C21H28N2OS/c1-15-9-11-17(12-10-15)21(19-8-5-13-25-19)22-14-20(24)23-18-7-4-3-6-16(18)2/h5,8-13,16,18,21-22H,3-4,6-7,14H2,1-2H3,(H,23,24)/t16-,18+,21+/m0/s1. The van der Waals surface area contributed by atoms with Crippen LogP contribution in [0.4, 0.5) is 0 Å². The summed E-state index contributed by atoms with van der Waals surface area (Å²) in [6.45, 7) is 4.69. The molecule has 1 aliphatic carbocycles. The van der Waals surface area contributed by atoms with Crippen molar-refractivity contribution in [3.63, 3.8) is 0 Å². The van der Waals surface area contributed by atoms with Gasteiger partial charge in [0.1, 0.15) is 0 Å². The fourth-order valence-corrected chi connectivity index (χ4v) is 4.41. The van der Waals surface area contributed by atoms with Crippen LogP contribution in [-0.4, -0.2) is 18.5 Å². The highest BCUT2D eigenvalue weighted by molar-refractivity contribution is 7.10. The molecule has 0 saturated heterocycles. The molecular formula is C21H28N2OS. The van der Waals surface area contributed by atoms with E-state index in [9.17, 15) is 4.79 Å². The summed E-state index contributed by atoms with van der Waals surface area (Å²) in [5, 5.41) is 8.78. The van der Waals surface area contributed by atoms with Crippen LogP contribution >= 0.6 is 11.3 Å². The first-order chi connectivity index (χ1) is 12.1. The number of carbonyl (C=O) groups excluding carboxylic acids is 1. The van der Waals surface area contributed by atoms with Crippen molar-refractivity contribution in [2.75, 3.05) is 6.54 Å². The number of nitrogens with one attached hydrogen (secondary N) is 2. The summed E-state index contributed by atoms with van der Waals surface area (Å²) in [6, 6.07) is 13.1. The zero-order valence-corrected chi connectivity index (χ0v) is 15.9. The largest absolute Gasteiger partial charge is 0.352 e. The Morgan fingerprint density at radius 2 is 1.96 bits per heavy atom. The van der Waals surface area contributed by atoms with E-state index in [-0.39, 0.29) is 11.9 Å². The summed E-state index contributed by atoms with van der Waals surface area (Å²) in [7, 11) is 0. The number of hydrogen-bond acceptors (Lipinski definition) is 3. The van der Waals surface area contributed by atoms with Crippen LogP contribution in [0.25, 0.3) is 0 Å². The molecule has 4 heteroatoms. The smallest absolute Gasteiger partial charge is 0.234 e. The number of hydrogen-bond donors (Lipinski definition) is 2.